The third kappa shape index (κ3) is 4.41. The van der Waals surface area contributed by atoms with Crippen molar-refractivity contribution in [2.24, 2.45) is 0 Å². The van der Waals surface area contributed by atoms with E-state index in [1.807, 2.05) is 0 Å². The van der Waals surface area contributed by atoms with Gasteiger partial charge in [0, 0.05) is 6.54 Å². The molecule has 0 radical (unpaired) electrons. The maximum absolute atomic E-state index is 10.8. The zero-order valence-corrected chi connectivity index (χ0v) is 9.62. The first kappa shape index (κ1) is 12.7. The van der Waals surface area contributed by atoms with Gasteiger partial charge in [-0.3, -0.25) is 0 Å². The maximum Gasteiger partial charge on any atom is 0.335 e. The number of hydrogen-bond acceptors (Lipinski definition) is 3. The topological polar surface area (TPSA) is 83.5 Å². The van der Waals surface area contributed by atoms with E-state index in [1.54, 1.807) is 12.1 Å². The lowest BCUT2D eigenvalue weighted by Crippen LogP contribution is -2.24. The molecule has 0 fully saturated rings. The van der Waals surface area contributed by atoms with E-state index in [2.05, 4.69) is 4.72 Å². The summed E-state index contributed by atoms with van der Waals surface area (Å²) in [6.45, 7) is 0.311. The molecule has 0 aromatic heterocycles. The van der Waals surface area contributed by atoms with Crippen molar-refractivity contribution >= 4 is 16.0 Å². The molecule has 0 saturated heterocycles. The highest BCUT2D eigenvalue weighted by Gasteiger charge is 2.03. The molecule has 0 atom stereocenters. The molecule has 0 saturated carbocycles. The first-order valence-electron chi connectivity index (χ1n) is 4.65. The first-order chi connectivity index (χ1) is 7.38. The summed E-state index contributed by atoms with van der Waals surface area (Å²) in [5.41, 5.74) is 1.11. The van der Waals surface area contributed by atoms with Crippen LogP contribution in [0.4, 0.5) is 0 Å². The van der Waals surface area contributed by atoms with Crippen LogP contribution in [0.5, 0.6) is 0 Å². The third-order valence-corrected chi connectivity index (χ3v) is 2.71. The van der Waals surface area contributed by atoms with E-state index in [9.17, 15) is 13.2 Å². The summed E-state index contributed by atoms with van der Waals surface area (Å²) in [6.07, 6.45) is 1.63. The molecule has 0 aliphatic heterocycles. The fraction of sp³-hybridized carbons (Fsp3) is 0.300. The van der Waals surface area contributed by atoms with Gasteiger partial charge in [0.05, 0.1) is 11.8 Å². The Labute approximate surface area is 94.2 Å². The van der Waals surface area contributed by atoms with E-state index in [0.717, 1.165) is 11.8 Å². The number of carboxylic acids is 1. The molecule has 5 nitrogen and oxygen atoms in total. The van der Waals surface area contributed by atoms with E-state index in [0.29, 0.717) is 13.0 Å². The van der Waals surface area contributed by atoms with Crippen LogP contribution >= 0.6 is 0 Å². The van der Waals surface area contributed by atoms with Crippen molar-refractivity contribution in [3.63, 3.8) is 0 Å². The highest BCUT2D eigenvalue weighted by Crippen LogP contribution is 2.04. The monoisotopic (exact) mass is 243 g/mol. The molecule has 0 unspecified atom stereocenters. The van der Waals surface area contributed by atoms with E-state index >= 15 is 0 Å². The van der Waals surface area contributed by atoms with Crippen LogP contribution in [0.1, 0.15) is 15.9 Å². The second-order valence-electron chi connectivity index (χ2n) is 3.42. The second kappa shape index (κ2) is 5.09. The average Bonchev–Trinajstić information content (AvgIpc) is 2.16. The summed E-state index contributed by atoms with van der Waals surface area (Å²) in [7, 11) is -3.16. The van der Waals surface area contributed by atoms with Crippen molar-refractivity contribution in [1.29, 1.82) is 0 Å². The molecule has 16 heavy (non-hydrogen) atoms. The third-order valence-electron chi connectivity index (χ3n) is 1.98. The van der Waals surface area contributed by atoms with Crippen LogP contribution in [0.3, 0.4) is 0 Å². The van der Waals surface area contributed by atoms with Crippen molar-refractivity contribution in [1.82, 2.24) is 4.72 Å². The largest absolute Gasteiger partial charge is 0.478 e. The van der Waals surface area contributed by atoms with E-state index in [-0.39, 0.29) is 5.56 Å². The molecular formula is C10H13NO4S. The van der Waals surface area contributed by atoms with Gasteiger partial charge in [0.2, 0.25) is 10.0 Å². The molecule has 88 valence electrons. The van der Waals surface area contributed by atoms with Crippen LogP contribution in [0.25, 0.3) is 0 Å². The Morgan fingerprint density at radius 1 is 1.31 bits per heavy atom. The standard InChI is InChI=1S/C10H13NO4S/c1-16(14,15)11-7-6-8-2-4-9(5-3-8)10(12)13/h2-5,11H,6-7H2,1H3,(H,12,13). The predicted octanol–water partition coefficient (Wildman–Crippen LogP) is 0.476. The molecule has 1 rings (SSSR count). The highest BCUT2D eigenvalue weighted by molar-refractivity contribution is 7.88. The predicted molar refractivity (Wildman–Crippen MR) is 60.0 cm³/mol. The minimum Gasteiger partial charge on any atom is -0.478 e. The lowest BCUT2D eigenvalue weighted by Gasteiger charge is -2.03. The van der Waals surface area contributed by atoms with Gasteiger partial charge in [-0.2, -0.15) is 0 Å². The van der Waals surface area contributed by atoms with Crippen LogP contribution in [0, 0.1) is 0 Å². The molecule has 0 amide bonds. The van der Waals surface area contributed by atoms with Gasteiger partial charge >= 0.3 is 5.97 Å². The van der Waals surface area contributed by atoms with Crippen molar-refractivity contribution in [2.75, 3.05) is 12.8 Å². The zero-order valence-electron chi connectivity index (χ0n) is 8.80. The van der Waals surface area contributed by atoms with Crippen LogP contribution in [-0.2, 0) is 16.4 Å². The van der Waals surface area contributed by atoms with Gasteiger partial charge in [-0.05, 0) is 24.1 Å². The van der Waals surface area contributed by atoms with Crippen LogP contribution < -0.4 is 4.72 Å². The van der Waals surface area contributed by atoms with E-state index < -0.39 is 16.0 Å². The van der Waals surface area contributed by atoms with E-state index in [4.69, 9.17) is 5.11 Å². The molecule has 1 aromatic carbocycles. The Bertz CT molecular complexity index is 464. The lowest BCUT2D eigenvalue weighted by atomic mass is 10.1. The summed E-state index contributed by atoms with van der Waals surface area (Å²) in [4.78, 5) is 10.6. The number of rotatable bonds is 5. The molecule has 6 heteroatoms. The number of carboxylic acid groups (broad SMARTS) is 1. The number of benzene rings is 1. The molecule has 2 N–H and O–H groups in total. The Kier molecular flexibility index (Phi) is 4.03. The molecule has 0 bridgehead atoms. The minimum atomic E-state index is -3.16. The minimum absolute atomic E-state index is 0.222. The molecule has 1 aromatic rings. The summed E-state index contributed by atoms with van der Waals surface area (Å²) in [5.74, 6) is -0.971. The number of aromatic carboxylic acids is 1. The Balaban J connectivity index is 2.53. The molecular weight excluding hydrogens is 230 g/mol. The van der Waals surface area contributed by atoms with E-state index in [1.165, 1.54) is 12.1 Å². The van der Waals surface area contributed by atoms with Gasteiger partial charge in [0.15, 0.2) is 0 Å². The van der Waals surface area contributed by atoms with Crippen molar-refractivity contribution in [3.8, 4) is 0 Å². The molecule has 0 heterocycles. The smallest absolute Gasteiger partial charge is 0.335 e. The van der Waals surface area contributed by atoms with Crippen molar-refractivity contribution < 1.29 is 18.3 Å². The summed E-state index contributed by atoms with van der Waals surface area (Å²) in [6, 6.07) is 6.34. The Hall–Kier alpha value is -1.40. The second-order valence-corrected chi connectivity index (χ2v) is 5.25. The molecule has 0 aliphatic rings. The quantitative estimate of drug-likeness (QED) is 0.787. The highest BCUT2D eigenvalue weighted by atomic mass is 32.2. The fourth-order valence-corrected chi connectivity index (χ4v) is 1.67. The van der Waals surface area contributed by atoms with Crippen molar-refractivity contribution in [3.05, 3.63) is 35.4 Å². The number of carbonyl (C=O) groups is 1. The van der Waals surface area contributed by atoms with Crippen LogP contribution in [0.15, 0.2) is 24.3 Å². The SMILES string of the molecule is CS(=O)(=O)NCCc1ccc(C(=O)O)cc1. The maximum atomic E-state index is 10.8. The van der Waals surface area contributed by atoms with Gasteiger partial charge in [-0.25, -0.2) is 17.9 Å². The average molecular weight is 243 g/mol. The normalized spacial score (nSPS) is 11.3. The number of nitrogens with one attached hydrogen (secondary N) is 1. The van der Waals surface area contributed by atoms with Gasteiger partial charge in [-0.1, -0.05) is 12.1 Å². The Morgan fingerprint density at radius 2 is 1.88 bits per heavy atom. The summed E-state index contributed by atoms with van der Waals surface area (Å²) < 4.78 is 23.9. The van der Waals surface area contributed by atoms with Crippen molar-refractivity contribution in [2.45, 2.75) is 6.42 Å². The fourth-order valence-electron chi connectivity index (χ4n) is 1.19. The number of hydrogen-bond donors (Lipinski definition) is 2. The van der Waals surface area contributed by atoms with Gasteiger partial charge < -0.3 is 5.11 Å². The lowest BCUT2D eigenvalue weighted by molar-refractivity contribution is 0.0697. The first-order valence-corrected chi connectivity index (χ1v) is 6.54. The molecule has 0 spiro atoms. The molecule has 0 aliphatic carbocycles. The Morgan fingerprint density at radius 3 is 2.31 bits per heavy atom. The summed E-state index contributed by atoms with van der Waals surface area (Å²) >= 11 is 0. The van der Waals surface area contributed by atoms with Gasteiger partial charge in [0.1, 0.15) is 0 Å². The van der Waals surface area contributed by atoms with Gasteiger partial charge in [0.25, 0.3) is 0 Å². The zero-order chi connectivity index (χ0) is 12.2. The number of sulfonamides is 1. The van der Waals surface area contributed by atoms with Crippen LogP contribution in [-0.4, -0.2) is 32.3 Å². The summed E-state index contributed by atoms with van der Waals surface area (Å²) in [5, 5.41) is 8.67. The van der Waals surface area contributed by atoms with Gasteiger partial charge in [-0.15, -0.1) is 0 Å². The van der Waals surface area contributed by atoms with Crippen LogP contribution in [0.2, 0.25) is 0 Å².